The minimum atomic E-state index is -0.819. The quantitative estimate of drug-likeness (QED) is 0.897. The van der Waals surface area contributed by atoms with Crippen molar-refractivity contribution in [1.29, 1.82) is 0 Å². The van der Waals surface area contributed by atoms with E-state index in [1.807, 2.05) is 0 Å². The minimum Gasteiger partial charge on any atom is -0.388 e. The Kier molecular flexibility index (Phi) is 3.29. The third kappa shape index (κ3) is 1.98. The van der Waals surface area contributed by atoms with Gasteiger partial charge < -0.3 is 15.6 Å². The molecule has 0 spiro atoms. The number of aliphatic hydroxyl groups is 1. The number of halogens is 2. The van der Waals surface area contributed by atoms with Crippen LogP contribution in [0, 0.1) is 11.2 Å². The number of hydrogen-bond acceptors (Lipinski definition) is 3. The van der Waals surface area contributed by atoms with Gasteiger partial charge in [-0.3, -0.25) is 0 Å². The normalized spacial score (nSPS) is 34.7. The van der Waals surface area contributed by atoms with E-state index in [-0.39, 0.29) is 17.2 Å². The first kappa shape index (κ1) is 13.3. The van der Waals surface area contributed by atoms with Crippen molar-refractivity contribution in [3.63, 3.8) is 0 Å². The van der Waals surface area contributed by atoms with Gasteiger partial charge in [0.25, 0.3) is 0 Å². The van der Waals surface area contributed by atoms with E-state index in [0.29, 0.717) is 12.1 Å². The summed E-state index contributed by atoms with van der Waals surface area (Å²) < 4.78 is 18.9. The van der Waals surface area contributed by atoms with Gasteiger partial charge in [-0.25, -0.2) is 4.39 Å². The second-order valence-electron chi connectivity index (χ2n) is 5.53. The Balaban J connectivity index is 1.96. The van der Waals surface area contributed by atoms with Gasteiger partial charge in [-0.15, -0.1) is 0 Å². The number of hydrogen-bond donors (Lipinski definition) is 2. The lowest BCUT2D eigenvalue weighted by Crippen LogP contribution is -2.44. The number of rotatable bonds is 3. The molecule has 19 heavy (non-hydrogen) atoms. The fourth-order valence-corrected chi connectivity index (χ4v) is 3.75. The number of fused-ring (bicyclic) bond motifs is 2. The largest absolute Gasteiger partial charge is 0.388 e. The summed E-state index contributed by atoms with van der Waals surface area (Å²) in [6.45, 7) is 0.336. The van der Waals surface area contributed by atoms with Gasteiger partial charge in [-0.1, -0.05) is 17.7 Å². The molecule has 2 heterocycles. The summed E-state index contributed by atoms with van der Waals surface area (Å²) in [6.07, 6.45) is 2.01. The average Bonchev–Trinajstić information content (AvgIpc) is 2.98. The summed E-state index contributed by atoms with van der Waals surface area (Å²) in [5.41, 5.74) is 5.95. The fraction of sp³-hybridized carbons (Fsp3) is 0.571. The molecule has 0 radical (unpaired) electrons. The molecule has 1 aromatic carbocycles. The molecule has 2 aliphatic heterocycles. The minimum absolute atomic E-state index is 0.0291. The summed E-state index contributed by atoms with van der Waals surface area (Å²) in [6, 6.07) is 4.06. The van der Waals surface area contributed by atoms with Crippen LogP contribution in [0.5, 0.6) is 0 Å². The smallest absolute Gasteiger partial charge is 0.124 e. The SMILES string of the molecule is NCC1(C(O)c2ccc(F)cc2Cl)CC2CCC1O2. The number of ether oxygens (including phenoxy) is 1. The van der Waals surface area contributed by atoms with Gasteiger partial charge in [-0.2, -0.15) is 0 Å². The molecule has 0 aromatic heterocycles. The van der Waals surface area contributed by atoms with Gasteiger partial charge in [0.2, 0.25) is 0 Å². The summed E-state index contributed by atoms with van der Waals surface area (Å²) >= 11 is 6.04. The zero-order chi connectivity index (χ0) is 13.6. The van der Waals surface area contributed by atoms with Gasteiger partial charge in [0.1, 0.15) is 5.82 Å². The molecule has 3 nitrogen and oxygen atoms in total. The Hall–Kier alpha value is -0.680. The lowest BCUT2D eigenvalue weighted by Gasteiger charge is -2.39. The van der Waals surface area contributed by atoms with E-state index in [4.69, 9.17) is 22.1 Å². The summed E-state index contributed by atoms with van der Waals surface area (Å²) in [5, 5.41) is 10.9. The van der Waals surface area contributed by atoms with Crippen LogP contribution in [0.2, 0.25) is 5.02 Å². The average molecular weight is 286 g/mol. The highest BCUT2D eigenvalue weighted by atomic mass is 35.5. The third-order valence-corrected chi connectivity index (χ3v) is 4.87. The van der Waals surface area contributed by atoms with E-state index in [1.54, 1.807) is 0 Å². The Labute approximate surface area is 116 Å². The number of benzene rings is 1. The molecule has 3 rings (SSSR count). The van der Waals surface area contributed by atoms with Gasteiger partial charge in [0.05, 0.1) is 18.3 Å². The standard InChI is InChI=1S/C14H17ClFNO2/c15-11-5-8(16)1-3-10(11)13(18)14(7-17)6-9-2-4-12(14)19-9/h1,3,5,9,12-13,18H,2,4,6-7,17H2. The molecule has 0 saturated carbocycles. The van der Waals surface area contributed by atoms with E-state index in [2.05, 4.69) is 0 Å². The third-order valence-electron chi connectivity index (χ3n) is 4.54. The molecular formula is C14H17ClFNO2. The molecule has 0 aliphatic carbocycles. The highest BCUT2D eigenvalue weighted by Gasteiger charge is 2.56. The zero-order valence-corrected chi connectivity index (χ0v) is 11.2. The predicted octanol–water partition coefficient (Wildman–Crippen LogP) is 2.41. The van der Waals surface area contributed by atoms with Crippen LogP contribution >= 0.6 is 11.6 Å². The van der Waals surface area contributed by atoms with E-state index in [9.17, 15) is 9.50 Å². The van der Waals surface area contributed by atoms with Crippen molar-refractivity contribution >= 4 is 11.6 Å². The Morgan fingerprint density at radius 3 is 2.84 bits per heavy atom. The van der Waals surface area contributed by atoms with Crippen molar-refractivity contribution in [2.75, 3.05) is 6.54 Å². The maximum Gasteiger partial charge on any atom is 0.124 e. The van der Waals surface area contributed by atoms with E-state index >= 15 is 0 Å². The van der Waals surface area contributed by atoms with Crippen LogP contribution in [-0.4, -0.2) is 23.9 Å². The van der Waals surface area contributed by atoms with Crippen LogP contribution in [0.25, 0.3) is 0 Å². The lowest BCUT2D eigenvalue weighted by atomic mass is 9.68. The zero-order valence-electron chi connectivity index (χ0n) is 10.5. The molecule has 104 valence electrons. The number of aliphatic hydroxyl groups excluding tert-OH is 1. The van der Waals surface area contributed by atoms with Crippen molar-refractivity contribution < 1.29 is 14.2 Å². The molecular weight excluding hydrogens is 269 g/mol. The molecule has 5 heteroatoms. The Morgan fingerprint density at radius 2 is 2.32 bits per heavy atom. The van der Waals surface area contributed by atoms with Crippen LogP contribution in [0.1, 0.15) is 30.9 Å². The monoisotopic (exact) mass is 285 g/mol. The van der Waals surface area contributed by atoms with Gasteiger partial charge in [0, 0.05) is 22.5 Å². The van der Waals surface area contributed by atoms with Crippen molar-refractivity contribution in [3.8, 4) is 0 Å². The Bertz CT molecular complexity index is 498. The predicted molar refractivity (Wildman–Crippen MR) is 70.4 cm³/mol. The molecule has 2 saturated heterocycles. The van der Waals surface area contributed by atoms with Crippen molar-refractivity contribution in [1.82, 2.24) is 0 Å². The maximum atomic E-state index is 13.1. The van der Waals surface area contributed by atoms with E-state index in [0.717, 1.165) is 19.3 Å². The lowest BCUT2D eigenvalue weighted by molar-refractivity contribution is -0.0263. The second-order valence-corrected chi connectivity index (χ2v) is 5.94. The summed E-state index contributed by atoms with van der Waals surface area (Å²) in [5.74, 6) is -0.410. The molecule has 0 amide bonds. The van der Waals surface area contributed by atoms with Gasteiger partial charge in [0.15, 0.2) is 0 Å². The highest BCUT2D eigenvalue weighted by molar-refractivity contribution is 6.31. The molecule has 4 unspecified atom stereocenters. The molecule has 2 aliphatic rings. The first-order chi connectivity index (χ1) is 9.06. The van der Waals surface area contributed by atoms with Crippen molar-refractivity contribution in [2.24, 2.45) is 11.1 Å². The second kappa shape index (κ2) is 4.70. The molecule has 2 fully saturated rings. The Morgan fingerprint density at radius 1 is 1.53 bits per heavy atom. The molecule has 2 bridgehead atoms. The molecule has 3 N–H and O–H groups in total. The van der Waals surface area contributed by atoms with Crippen LogP contribution in [0.15, 0.2) is 18.2 Å². The van der Waals surface area contributed by atoms with E-state index < -0.39 is 17.3 Å². The number of nitrogens with two attached hydrogens (primary N) is 1. The fourth-order valence-electron chi connectivity index (χ4n) is 3.48. The topological polar surface area (TPSA) is 55.5 Å². The summed E-state index contributed by atoms with van der Waals surface area (Å²) in [4.78, 5) is 0. The highest BCUT2D eigenvalue weighted by Crippen LogP contribution is 2.54. The van der Waals surface area contributed by atoms with Crippen LogP contribution < -0.4 is 5.73 Å². The van der Waals surface area contributed by atoms with Crippen LogP contribution in [0.4, 0.5) is 4.39 Å². The van der Waals surface area contributed by atoms with Gasteiger partial charge >= 0.3 is 0 Å². The van der Waals surface area contributed by atoms with Crippen LogP contribution in [0.3, 0.4) is 0 Å². The van der Waals surface area contributed by atoms with E-state index in [1.165, 1.54) is 18.2 Å². The van der Waals surface area contributed by atoms with Crippen LogP contribution in [-0.2, 0) is 4.74 Å². The van der Waals surface area contributed by atoms with Gasteiger partial charge in [-0.05, 0) is 31.4 Å². The molecule has 1 aromatic rings. The first-order valence-corrected chi connectivity index (χ1v) is 6.93. The first-order valence-electron chi connectivity index (χ1n) is 6.55. The maximum absolute atomic E-state index is 13.1. The summed E-state index contributed by atoms with van der Waals surface area (Å²) in [7, 11) is 0. The molecule has 4 atom stereocenters. The van der Waals surface area contributed by atoms with Crippen molar-refractivity contribution in [3.05, 3.63) is 34.6 Å². The van der Waals surface area contributed by atoms with Crippen molar-refractivity contribution in [2.45, 2.75) is 37.6 Å².